The molecule has 2 amide bonds. The molecule has 156 valence electrons. The average Bonchev–Trinajstić information content (AvgIpc) is 3.39. The van der Waals surface area contributed by atoms with E-state index in [4.69, 9.17) is 4.74 Å². The van der Waals surface area contributed by atoms with E-state index < -0.39 is 16.1 Å². The summed E-state index contributed by atoms with van der Waals surface area (Å²) in [5, 5.41) is 7.35. The van der Waals surface area contributed by atoms with E-state index in [1.165, 1.54) is 22.3 Å². The summed E-state index contributed by atoms with van der Waals surface area (Å²) in [5.41, 5.74) is 6.17. The van der Waals surface area contributed by atoms with Crippen LogP contribution in [0.5, 0.6) is 5.88 Å². The third kappa shape index (κ3) is 3.23. The molecule has 0 saturated heterocycles. The second-order valence-electron chi connectivity index (χ2n) is 8.50. The van der Waals surface area contributed by atoms with Gasteiger partial charge in [-0.1, -0.05) is 6.07 Å². The molecule has 2 N–H and O–H groups in total. The van der Waals surface area contributed by atoms with Gasteiger partial charge >= 0.3 is 6.03 Å². The summed E-state index contributed by atoms with van der Waals surface area (Å²) in [7, 11) is -3.19. The van der Waals surface area contributed by atoms with Crippen LogP contribution < -0.4 is 14.8 Å². The molecule has 0 radical (unpaired) electrons. The Balaban J connectivity index is 1.40. The molecular weight excluding hydrogens is 388 g/mol. The van der Waals surface area contributed by atoms with Crippen LogP contribution in [0.2, 0.25) is 0 Å². The molecule has 0 fully saturated rings. The van der Waals surface area contributed by atoms with Gasteiger partial charge in [0, 0.05) is 24.9 Å². The fourth-order valence-corrected chi connectivity index (χ4v) is 6.22. The highest BCUT2D eigenvalue weighted by Gasteiger charge is 2.29. The molecule has 29 heavy (non-hydrogen) atoms. The molecule has 0 spiro atoms. The lowest BCUT2D eigenvalue weighted by molar-refractivity contribution is 0.144. The van der Waals surface area contributed by atoms with Gasteiger partial charge < -0.3 is 10.1 Å². The number of rotatable bonds is 3. The predicted molar refractivity (Wildman–Crippen MR) is 113 cm³/mol. The normalized spacial score (nSPS) is 20.4. The highest BCUT2D eigenvalue weighted by molar-refractivity contribution is 8.01. The zero-order chi connectivity index (χ0) is 20.2. The third-order valence-electron chi connectivity index (χ3n) is 6.32. The summed E-state index contributed by atoms with van der Waals surface area (Å²) in [6, 6.07) is 1.91. The number of fused-ring (bicyclic) bond motifs is 3. The smallest absolute Gasteiger partial charge is 0.329 e. The van der Waals surface area contributed by atoms with E-state index in [0.29, 0.717) is 10.8 Å². The topological polar surface area (TPSA) is 85.2 Å². The number of hydrogen-bond acceptors (Lipinski definition) is 4. The van der Waals surface area contributed by atoms with Crippen molar-refractivity contribution in [3.63, 3.8) is 0 Å². The second-order valence-corrected chi connectivity index (χ2v) is 11.1. The van der Waals surface area contributed by atoms with E-state index in [9.17, 15) is 9.00 Å². The van der Waals surface area contributed by atoms with Gasteiger partial charge in [0.05, 0.1) is 12.3 Å². The lowest BCUT2D eigenvalue weighted by Crippen LogP contribution is -2.39. The Kier molecular flexibility index (Phi) is 4.42. The summed E-state index contributed by atoms with van der Waals surface area (Å²) in [6.07, 6.45) is 10.4. The van der Waals surface area contributed by atoms with Gasteiger partial charge in [0.2, 0.25) is 5.88 Å². The number of amides is 2. The van der Waals surface area contributed by atoms with E-state index in [1.54, 1.807) is 17.1 Å². The number of carbonyl (C=O) groups is 1. The summed E-state index contributed by atoms with van der Waals surface area (Å²) in [4.78, 5) is 13.4. The van der Waals surface area contributed by atoms with Crippen molar-refractivity contribution in [1.82, 2.24) is 14.5 Å². The van der Waals surface area contributed by atoms with Crippen LogP contribution in [-0.4, -0.2) is 32.4 Å². The molecular formula is C21H28N4O3S. The summed E-state index contributed by atoms with van der Waals surface area (Å²) in [5.74, 6) is 0.511. The molecule has 5 rings (SSSR count). The second kappa shape index (κ2) is 6.86. The SMILES string of the molecule is CC1CCn2ncc([SH](C)(=O)NC(=O)Nc3c4c(cc5c3CCC5)CCC4)c2O1. The van der Waals surface area contributed by atoms with Gasteiger partial charge in [0.25, 0.3) is 0 Å². The Labute approximate surface area is 171 Å². The molecule has 2 heterocycles. The van der Waals surface area contributed by atoms with Gasteiger partial charge in [-0.05, 0) is 77.8 Å². The number of urea groups is 1. The predicted octanol–water partition coefficient (Wildman–Crippen LogP) is 2.77. The monoisotopic (exact) mass is 416 g/mol. The van der Waals surface area contributed by atoms with Gasteiger partial charge in [0.15, 0.2) is 0 Å². The van der Waals surface area contributed by atoms with Crippen molar-refractivity contribution < 1.29 is 13.7 Å². The first-order valence-corrected chi connectivity index (χ1v) is 12.6. The van der Waals surface area contributed by atoms with E-state index in [1.807, 2.05) is 6.92 Å². The number of hydrogen-bond donors (Lipinski definition) is 3. The molecule has 3 aliphatic rings. The van der Waals surface area contributed by atoms with Crippen LogP contribution in [0.25, 0.3) is 0 Å². The summed E-state index contributed by atoms with van der Waals surface area (Å²) >= 11 is 0. The van der Waals surface area contributed by atoms with Crippen LogP contribution in [0.1, 0.15) is 48.4 Å². The van der Waals surface area contributed by atoms with Crippen molar-refractivity contribution in [2.24, 2.45) is 0 Å². The first kappa shape index (κ1) is 18.7. The summed E-state index contributed by atoms with van der Waals surface area (Å²) < 4.78 is 23.7. The number of aromatic nitrogens is 2. The molecule has 7 nitrogen and oxygen atoms in total. The minimum absolute atomic E-state index is 0.0428. The van der Waals surface area contributed by atoms with Crippen LogP contribution in [0.3, 0.4) is 0 Å². The first-order chi connectivity index (χ1) is 13.9. The number of aryl methyl sites for hydroxylation is 3. The molecule has 2 aliphatic carbocycles. The van der Waals surface area contributed by atoms with Crippen molar-refractivity contribution in [3.05, 3.63) is 34.5 Å². The van der Waals surface area contributed by atoms with Gasteiger partial charge in [-0.3, -0.25) is 8.93 Å². The zero-order valence-electron chi connectivity index (χ0n) is 17.0. The number of benzene rings is 1. The van der Waals surface area contributed by atoms with Crippen molar-refractivity contribution in [2.75, 3.05) is 11.6 Å². The molecule has 1 aliphatic heterocycles. The van der Waals surface area contributed by atoms with Crippen LogP contribution in [0.4, 0.5) is 10.5 Å². The number of ether oxygens (including phenoxy) is 1. The van der Waals surface area contributed by atoms with E-state index in [0.717, 1.165) is 57.2 Å². The molecule has 1 aromatic heterocycles. The summed E-state index contributed by atoms with van der Waals surface area (Å²) in [6.45, 7) is 2.71. The Morgan fingerprint density at radius 3 is 2.59 bits per heavy atom. The van der Waals surface area contributed by atoms with Crippen LogP contribution in [-0.2, 0) is 42.3 Å². The fourth-order valence-electron chi connectivity index (χ4n) is 4.85. The van der Waals surface area contributed by atoms with E-state index in [2.05, 4.69) is 21.2 Å². The Hall–Kier alpha value is -2.35. The third-order valence-corrected chi connectivity index (χ3v) is 8.18. The van der Waals surface area contributed by atoms with Crippen LogP contribution in [0.15, 0.2) is 17.2 Å². The van der Waals surface area contributed by atoms with Gasteiger partial charge in [0.1, 0.15) is 4.90 Å². The number of anilines is 1. The van der Waals surface area contributed by atoms with Gasteiger partial charge in [-0.15, -0.1) is 0 Å². The first-order valence-electron chi connectivity index (χ1n) is 10.5. The lowest BCUT2D eigenvalue weighted by atomic mass is 9.99. The molecule has 8 heteroatoms. The Morgan fingerprint density at radius 1 is 1.21 bits per heavy atom. The zero-order valence-corrected chi connectivity index (χ0v) is 17.8. The number of carbonyl (C=O) groups excluding carboxylic acids is 1. The van der Waals surface area contributed by atoms with Gasteiger partial charge in [-0.25, -0.2) is 9.48 Å². The standard InChI is InChI=1S/C21H28N4O3S/c1-13-9-10-25-20(28-13)18(12-22-25)29(2,27)24-21(26)23-19-16-7-3-5-14(16)11-15-6-4-8-17(15)19/h11-13,29H,3-10H2,1-2H3,(H2,23,24,26,27). The molecule has 0 bridgehead atoms. The maximum absolute atomic E-state index is 13.4. The van der Waals surface area contributed by atoms with Crippen LogP contribution >= 0.6 is 0 Å². The Bertz CT molecular complexity index is 1010. The minimum atomic E-state index is -3.19. The molecule has 2 aromatic rings. The number of nitrogens with one attached hydrogen (secondary N) is 2. The van der Waals surface area contributed by atoms with Crippen LogP contribution in [0, 0.1) is 0 Å². The Morgan fingerprint density at radius 2 is 1.90 bits per heavy atom. The van der Waals surface area contributed by atoms with Crippen molar-refractivity contribution in [1.29, 1.82) is 0 Å². The van der Waals surface area contributed by atoms with E-state index in [-0.39, 0.29) is 6.10 Å². The molecule has 1 atom stereocenters. The molecule has 1 unspecified atom stereocenters. The van der Waals surface area contributed by atoms with E-state index >= 15 is 0 Å². The van der Waals surface area contributed by atoms with Crippen molar-refractivity contribution in [2.45, 2.75) is 69.4 Å². The lowest BCUT2D eigenvalue weighted by Gasteiger charge is -2.26. The minimum Gasteiger partial charge on any atom is -0.474 e. The molecule has 0 saturated carbocycles. The highest BCUT2D eigenvalue weighted by Crippen LogP contribution is 2.38. The maximum Gasteiger partial charge on any atom is 0.329 e. The molecule has 1 aromatic carbocycles. The van der Waals surface area contributed by atoms with Crippen molar-refractivity contribution in [3.8, 4) is 5.88 Å². The fraction of sp³-hybridized carbons (Fsp3) is 0.524. The highest BCUT2D eigenvalue weighted by atomic mass is 32.3. The largest absolute Gasteiger partial charge is 0.474 e. The average molecular weight is 417 g/mol. The maximum atomic E-state index is 13.4. The van der Waals surface area contributed by atoms with Crippen molar-refractivity contribution >= 4 is 21.8 Å². The number of thiol groups is 1. The number of nitrogens with zero attached hydrogens (tertiary/aromatic N) is 2. The van der Waals surface area contributed by atoms with Gasteiger partial charge in [-0.2, -0.15) is 5.10 Å². The quantitative estimate of drug-likeness (QED) is 0.672.